The second-order valence-corrected chi connectivity index (χ2v) is 4.08. The number of hydrogen-bond acceptors (Lipinski definition) is 4. The molecule has 1 aliphatic carbocycles. The summed E-state index contributed by atoms with van der Waals surface area (Å²) in [4.78, 5) is 16.4. The Balaban J connectivity index is 1.94. The molecule has 0 aromatic heterocycles. The molecule has 1 aromatic carbocycles. The van der Waals surface area contributed by atoms with Gasteiger partial charge in [-0.2, -0.15) is 0 Å². The largest absolute Gasteiger partial charge is 0.365 e. The Morgan fingerprint density at radius 1 is 1.33 bits per heavy atom. The van der Waals surface area contributed by atoms with Gasteiger partial charge in [-0.25, -0.2) is 4.79 Å². The van der Waals surface area contributed by atoms with Crippen LogP contribution >= 0.6 is 0 Å². The highest BCUT2D eigenvalue weighted by Crippen LogP contribution is 2.12. The van der Waals surface area contributed by atoms with Gasteiger partial charge in [0.1, 0.15) is 0 Å². The van der Waals surface area contributed by atoms with Gasteiger partial charge in [-0.15, -0.1) is 0 Å². The molecule has 18 heavy (non-hydrogen) atoms. The van der Waals surface area contributed by atoms with Crippen LogP contribution in [-0.4, -0.2) is 17.7 Å². The average molecular weight is 242 g/mol. The first-order chi connectivity index (χ1) is 8.70. The maximum atomic E-state index is 11.6. The molecule has 0 saturated carbocycles. The molecule has 1 aromatic rings. The third-order valence-corrected chi connectivity index (χ3v) is 2.56. The van der Waals surface area contributed by atoms with E-state index in [0.717, 1.165) is 0 Å². The second-order valence-electron chi connectivity index (χ2n) is 4.08. The fourth-order valence-corrected chi connectivity index (χ4v) is 1.55. The van der Waals surface area contributed by atoms with Gasteiger partial charge in [-0.05, 0) is 18.6 Å². The van der Waals surface area contributed by atoms with E-state index in [-0.39, 0.29) is 0 Å². The predicted molar refractivity (Wildman–Crippen MR) is 70.2 cm³/mol. The Morgan fingerprint density at radius 2 is 2.11 bits per heavy atom. The van der Waals surface area contributed by atoms with Gasteiger partial charge < -0.3 is 10.6 Å². The Hall–Kier alpha value is -2.20. The number of benzene rings is 1. The Kier molecular flexibility index (Phi) is 3.69. The summed E-state index contributed by atoms with van der Waals surface area (Å²) >= 11 is 0. The maximum absolute atomic E-state index is 11.6. The van der Waals surface area contributed by atoms with Crippen LogP contribution in [0.5, 0.6) is 0 Å². The third-order valence-electron chi connectivity index (χ3n) is 2.56. The zero-order valence-corrected chi connectivity index (χ0v) is 9.82. The molecule has 0 bridgehead atoms. The van der Waals surface area contributed by atoms with Crippen LogP contribution in [0.1, 0.15) is 16.8 Å². The summed E-state index contributed by atoms with van der Waals surface area (Å²) in [5.74, 6) is -0.495. The van der Waals surface area contributed by atoms with E-state index in [0.29, 0.717) is 12.0 Å². The molecule has 0 amide bonds. The standard InChI is InChI=1S/C14H14N2O2/c15-14(9-5-2-6-10-14)11-16-18-13(17)12-7-3-1-4-8-12/h1-9,11H,10,15H2. The minimum Gasteiger partial charge on any atom is -0.317 e. The molecule has 1 aliphatic rings. The fraction of sp³-hybridized carbons (Fsp3) is 0.143. The van der Waals surface area contributed by atoms with Crippen molar-refractivity contribution in [1.82, 2.24) is 0 Å². The highest BCUT2D eigenvalue weighted by atomic mass is 16.7. The van der Waals surface area contributed by atoms with Crippen molar-refractivity contribution < 1.29 is 9.63 Å². The van der Waals surface area contributed by atoms with Gasteiger partial charge in [-0.3, -0.25) is 0 Å². The van der Waals surface area contributed by atoms with E-state index in [2.05, 4.69) is 5.16 Å². The monoisotopic (exact) mass is 242 g/mol. The minimum absolute atomic E-state index is 0.458. The molecule has 0 fully saturated rings. The van der Waals surface area contributed by atoms with Crippen LogP contribution in [0.2, 0.25) is 0 Å². The van der Waals surface area contributed by atoms with Crippen molar-refractivity contribution in [3.63, 3.8) is 0 Å². The van der Waals surface area contributed by atoms with Crippen molar-refractivity contribution in [1.29, 1.82) is 0 Å². The molecular weight excluding hydrogens is 228 g/mol. The first-order valence-corrected chi connectivity index (χ1v) is 5.64. The number of oxime groups is 1. The van der Waals surface area contributed by atoms with E-state index in [1.807, 2.05) is 30.4 Å². The molecular formula is C14H14N2O2. The predicted octanol–water partition coefficient (Wildman–Crippen LogP) is 2.04. The van der Waals surface area contributed by atoms with Crippen molar-refractivity contribution >= 4 is 12.2 Å². The van der Waals surface area contributed by atoms with Crippen molar-refractivity contribution in [2.45, 2.75) is 12.0 Å². The number of hydrogen-bond donors (Lipinski definition) is 1. The molecule has 4 heteroatoms. The minimum atomic E-state index is -0.675. The van der Waals surface area contributed by atoms with Crippen LogP contribution in [0.4, 0.5) is 0 Å². The number of carbonyl (C=O) groups excluding carboxylic acids is 1. The third kappa shape index (κ3) is 3.15. The van der Waals surface area contributed by atoms with Gasteiger partial charge >= 0.3 is 5.97 Å². The fourth-order valence-electron chi connectivity index (χ4n) is 1.55. The Bertz CT molecular complexity index is 506. The smallest absolute Gasteiger partial charge is 0.317 e. The molecule has 0 radical (unpaired) electrons. The number of nitrogens with two attached hydrogens (primary N) is 1. The van der Waals surface area contributed by atoms with Crippen LogP contribution < -0.4 is 5.73 Å². The lowest BCUT2D eigenvalue weighted by atomic mass is 9.94. The molecule has 92 valence electrons. The molecule has 2 rings (SSSR count). The van der Waals surface area contributed by atoms with E-state index in [9.17, 15) is 4.79 Å². The summed E-state index contributed by atoms with van der Waals surface area (Å²) in [5.41, 5.74) is 5.79. The second kappa shape index (κ2) is 5.42. The van der Waals surface area contributed by atoms with Gasteiger partial charge in [0.25, 0.3) is 0 Å². The maximum Gasteiger partial charge on any atom is 0.365 e. The molecule has 0 saturated heterocycles. The first-order valence-electron chi connectivity index (χ1n) is 5.64. The normalized spacial score (nSPS) is 22.3. The zero-order chi connectivity index (χ0) is 12.8. The summed E-state index contributed by atoms with van der Waals surface area (Å²) in [6, 6.07) is 8.69. The lowest BCUT2D eigenvalue weighted by molar-refractivity contribution is 0.0517. The average Bonchev–Trinajstić information content (AvgIpc) is 2.40. The van der Waals surface area contributed by atoms with Gasteiger partial charge in [0.2, 0.25) is 0 Å². The van der Waals surface area contributed by atoms with Crippen molar-refractivity contribution in [2.75, 3.05) is 0 Å². The van der Waals surface area contributed by atoms with E-state index < -0.39 is 11.5 Å². The van der Waals surface area contributed by atoms with E-state index >= 15 is 0 Å². The van der Waals surface area contributed by atoms with E-state index in [1.54, 1.807) is 24.3 Å². The molecule has 4 nitrogen and oxygen atoms in total. The topological polar surface area (TPSA) is 64.7 Å². The molecule has 0 aliphatic heterocycles. The van der Waals surface area contributed by atoms with Crippen LogP contribution in [0.15, 0.2) is 59.8 Å². The molecule has 0 heterocycles. The number of rotatable bonds is 3. The summed E-state index contributed by atoms with van der Waals surface area (Å²) < 4.78 is 0. The summed E-state index contributed by atoms with van der Waals surface area (Å²) in [5, 5.41) is 3.66. The molecule has 0 spiro atoms. The van der Waals surface area contributed by atoms with Gasteiger partial charge in [0, 0.05) is 0 Å². The lowest BCUT2D eigenvalue weighted by Gasteiger charge is -2.20. The van der Waals surface area contributed by atoms with Crippen LogP contribution in [0, 0.1) is 0 Å². The highest BCUT2D eigenvalue weighted by Gasteiger charge is 2.19. The molecule has 1 atom stereocenters. The quantitative estimate of drug-likeness (QED) is 0.501. The van der Waals surface area contributed by atoms with E-state index in [1.165, 1.54) is 6.21 Å². The van der Waals surface area contributed by atoms with Gasteiger partial charge in [0.05, 0.1) is 17.3 Å². The van der Waals surface area contributed by atoms with Crippen molar-refractivity contribution in [3.8, 4) is 0 Å². The summed E-state index contributed by atoms with van der Waals surface area (Å²) in [6.07, 6.45) is 9.57. The van der Waals surface area contributed by atoms with Crippen LogP contribution in [-0.2, 0) is 4.84 Å². The molecule has 2 N–H and O–H groups in total. The zero-order valence-electron chi connectivity index (χ0n) is 9.82. The lowest BCUT2D eigenvalue weighted by Crippen LogP contribution is -2.39. The van der Waals surface area contributed by atoms with Crippen molar-refractivity contribution in [3.05, 3.63) is 60.2 Å². The van der Waals surface area contributed by atoms with Gasteiger partial charge in [0.15, 0.2) is 0 Å². The number of nitrogens with zero attached hydrogens (tertiary/aromatic N) is 1. The van der Waals surface area contributed by atoms with Crippen molar-refractivity contribution in [2.24, 2.45) is 10.9 Å². The van der Waals surface area contributed by atoms with Crippen LogP contribution in [0.25, 0.3) is 0 Å². The van der Waals surface area contributed by atoms with Gasteiger partial charge in [-0.1, -0.05) is 47.7 Å². The number of allylic oxidation sites excluding steroid dienone is 2. The first kappa shape index (κ1) is 12.3. The highest BCUT2D eigenvalue weighted by molar-refractivity contribution is 5.89. The molecule has 1 unspecified atom stereocenters. The summed E-state index contributed by atoms with van der Waals surface area (Å²) in [6.45, 7) is 0. The SMILES string of the molecule is NC1(C=NOC(=O)c2ccccc2)C=CC=CC1. The Labute approximate surface area is 105 Å². The number of carbonyl (C=O) groups is 1. The van der Waals surface area contributed by atoms with Crippen LogP contribution in [0.3, 0.4) is 0 Å². The van der Waals surface area contributed by atoms with E-state index in [4.69, 9.17) is 10.6 Å². The Morgan fingerprint density at radius 3 is 2.78 bits per heavy atom. The summed E-state index contributed by atoms with van der Waals surface area (Å²) in [7, 11) is 0.